The zero-order valence-corrected chi connectivity index (χ0v) is 18.2. The monoisotopic (exact) mass is 426 g/mol. The highest BCUT2D eigenvalue weighted by Crippen LogP contribution is 2.09. The van der Waals surface area contributed by atoms with Crippen molar-refractivity contribution in [2.24, 2.45) is 5.92 Å². The second-order valence-corrected chi connectivity index (χ2v) is 7.66. The van der Waals surface area contributed by atoms with Crippen LogP contribution in [0.25, 0.3) is 0 Å². The van der Waals surface area contributed by atoms with Crippen molar-refractivity contribution in [3.05, 3.63) is 71.8 Å². The summed E-state index contributed by atoms with van der Waals surface area (Å²) in [7, 11) is 1.28. The van der Waals surface area contributed by atoms with Crippen molar-refractivity contribution in [1.29, 1.82) is 0 Å². The van der Waals surface area contributed by atoms with E-state index in [1.165, 1.54) is 7.11 Å². The van der Waals surface area contributed by atoms with Gasteiger partial charge in [0.15, 0.2) is 0 Å². The molecule has 2 aromatic carbocycles. The third kappa shape index (κ3) is 8.50. The number of amides is 2. The van der Waals surface area contributed by atoms with E-state index in [-0.39, 0.29) is 18.9 Å². The van der Waals surface area contributed by atoms with Gasteiger partial charge in [-0.1, -0.05) is 74.5 Å². The highest BCUT2D eigenvalue weighted by molar-refractivity contribution is 5.89. The number of nitrogens with one attached hydrogen (secondary N) is 2. The van der Waals surface area contributed by atoms with Crippen LogP contribution < -0.4 is 10.6 Å². The van der Waals surface area contributed by atoms with Crippen LogP contribution in [0.15, 0.2) is 60.7 Å². The smallest absolute Gasteiger partial charge is 0.408 e. The Hall–Kier alpha value is -3.35. The average Bonchev–Trinajstić information content (AvgIpc) is 2.77. The van der Waals surface area contributed by atoms with Crippen LogP contribution in [-0.2, 0) is 32.1 Å². The number of ether oxygens (including phenoxy) is 2. The first kappa shape index (κ1) is 23.9. The van der Waals surface area contributed by atoms with E-state index in [0.29, 0.717) is 6.42 Å². The molecule has 7 heteroatoms. The molecule has 2 atom stereocenters. The third-order valence-corrected chi connectivity index (χ3v) is 4.61. The Balaban J connectivity index is 2.01. The summed E-state index contributed by atoms with van der Waals surface area (Å²) in [5.74, 6) is -0.875. The Bertz CT molecular complexity index is 840. The second-order valence-electron chi connectivity index (χ2n) is 7.66. The highest BCUT2D eigenvalue weighted by Gasteiger charge is 2.28. The second kappa shape index (κ2) is 12.4. The van der Waals surface area contributed by atoms with Gasteiger partial charge in [0, 0.05) is 6.42 Å². The van der Waals surface area contributed by atoms with E-state index in [9.17, 15) is 14.4 Å². The largest absolute Gasteiger partial charge is 0.467 e. The van der Waals surface area contributed by atoms with Crippen molar-refractivity contribution in [1.82, 2.24) is 10.6 Å². The Labute approximate surface area is 183 Å². The fourth-order valence-corrected chi connectivity index (χ4v) is 3.07. The van der Waals surface area contributed by atoms with Crippen LogP contribution in [0, 0.1) is 5.92 Å². The van der Waals surface area contributed by atoms with E-state index in [1.54, 1.807) is 0 Å². The SMILES string of the molecule is COC(=O)[C@H](Cc1ccccc1)NC(=O)C(CC(C)C)NC(=O)OCc1ccccc1. The number of carbonyl (C=O) groups is 3. The molecule has 0 aliphatic heterocycles. The van der Waals surface area contributed by atoms with Crippen LogP contribution in [0.4, 0.5) is 4.79 Å². The molecule has 0 radical (unpaired) electrons. The molecule has 0 fully saturated rings. The molecular formula is C24H30N2O5. The molecule has 0 saturated heterocycles. The number of carbonyl (C=O) groups excluding carboxylic acids is 3. The molecule has 2 N–H and O–H groups in total. The lowest BCUT2D eigenvalue weighted by Crippen LogP contribution is -2.53. The van der Waals surface area contributed by atoms with Gasteiger partial charge in [-0.25, -0.2) is 9.59 Å². The number of hydrogen-bond donors (Lipinski definition) is 2. The van der Waals surface area contributed by atoms with E-state index in [2.05, 4.69) is 10.6 Å². The van der Waals surface area contributed by atoms with Crippen molar-refractivity contribution in [2.45, 2.75) is 45.4 Å². The fourth-order valence-electron chi connectivity index (χ4n) is 3.07. The highest BCUT2D eigenvalue weighted by atomic mass is 16.5. The minimum atomic E-state index is -0.864. The summed E-state index contributed by atoms with van der Waals surface area (Å²) in [5, 5.41) is 5.34. The molecule has 7 nitrogen and oxygen atoms in total. The van der Waals surface area contributed by atoms with Gasteiger partial charge in [-0.15, -0.1) is 0 Å². The molecule has 31 heavy (non-hydrogen) atoms. The van der Waals surface area contributed by atoms with Gasteiger partial charge in [0.2, 0.25) is 5.91 Å². The van der Waals surface area contributed by atoms with Crippen LogP contribution in [0.3, 0.4) is 0 Å². The maximum Gasteiger partial charge on any atom is 0.408 e. The minimum Gasteiger partial charge on any atom is -0.467 e. The number of methoxy groups -OCH3 is 1. The predicted molar refractivity (Wildman–Crippen MR) is 117 cm³/mol. The van der Waals surface area contributed by atoms with Crippen molar-refractivity contribution >= 4 is 18.0 Å². The van der Waals surface area contributed by atoms with Gasteiger partial charge in [0.25, 0.3) is 0 Å². The van der Waals surface area contributed by atoms with Crippen molar-refractivity contribution in [3.63, 3.8) is 0 Å². The fraction of sp³-hybridized carbons (Fsp3) is 0.375. The lowest BCUT2D eigenvalue weighted by atomic mass is 10.0. The normalized spacial score (nSPS) is 12.5. The van der Waals surface area contributed by atoms with Gasteiger partial charge >= 0.3 is 12.1 Å². The molecule has 2 amide bonds. The lowest BCUT2D eigenvalue weighted by molar-refractivity contribution is -0.145. The van der Waals surface area contributed by atoms with Crippen LogP contribution in [0.5, 0.6) is 0 Å². The zero-order chi connectivity index (χ0) is 22.6. The molecule has 166 valence electrons. The van der Waals surface area contributed by atoms with Crippen molar-refractivity contribution in [3.8, 4) is 0 Å². The maximum absolute atomic E-state index is 12.9. The number of alkyl carbamates (subject to hydrolysis) is 1. The predicted octanol–water partition coefficient (Wildman–Crippen LogP) is 3.23. The number of rotatable bonds is 10. The summed E-state index contributed by atoms with van der Waals surface area (Å²) >= 11 is 0. The van der Waals surface area contributed by atoms with Crippen LogP contribution in [-0.4, -0.2) is 37.2 Å². The Morgan fingerprint density at radius 2 is 1.42 bits per heavy atom. The summed E-state index contributed by atoms with van der Waals surface area (Å²) < 4.78 is 10.1. The molecule has 0 heterocycles. The van der Waals surface area contributed by atoms with Crippen LogP contribution in [0.2, 0.25) is 0 Å². The Kier molecular flexibility index (Phi) is 9.55. The molecule has 0 aliphatic rings. The van der Waals surface area contributed by atoms with E-state index in [4.69, 9.17) is 9.47 Å². The Morgan fingerprint density at radius 3 is 1.97 bits per heavy atom. The number of hydrogen-bond acceptors (Lipinski definition) is 5. The molecule has 0 aliphatic carbocycles. The molecule has 0 bridgehead atoms. The molecule has 1 unspecified atom stereocenters. The van der Waals surface area contributed by atoms with E-state index < -0.39 is 30.1 Å². The van der Waals surface area contributed by atoms with E-state index in [1.807, 2.05) is 74.5 Å². The first-order valence-corrected chi connectivity index (χ1v) is 10.3. The first-order valence-electron chi connectivity index (χ1n) is 10.3. The summed E-state index contributed by atoms with van der Waals surface area (Å²) in [6.07, 6.45) is -0.0141. The molecular weight excluding hydrogens is 396 g/mol. The minimum absolute atomic E-state index is 0.0987. The average molecular weight is 427 g/mol. The van der Waals surface area contributed by atoms with Crippen molar-refractivity contribution in [2.75, 3.05) is 7.11 Å². The standard InChI is InChI=1S/C24H30N2O5/c1-17(2)14-20(26-24(29)31-16-19-12-8-5-9-13-19)22(27)25-21(23(28)30-3)15-18-10-6-4-7-11-18/h4-13,17,20-21H,14-16H2,1-3H3,(H,25,27)(H,26,29)/t20?,21-/m0/s1. The molecule has 0 aromatic heterocycles. The maximum atomic E-state index is 12.9. The summed E-state index contributed by atoms with van der Waals surface area (Å²) in [5.41, 5.74) is 1.73. The van der Waals surface area contributed by atoms with E-state index >= 15 is 0 Å². The van der Waals surface area contributed by atoms with Crippen LogP contribution >= 0.6 is 0 Å². The lowest BCUT2D eigenvalue weighted by Gasteiger charge is -2.23. The summed E-state index contributed by atoms with van der Waals surface area (Å²) in [6, 6.07) is 16.9. The number of benzene rings is 2. The molecule has 0 saturated carbocycles. The van der Waals surface area contributed by atoms with Gasteiger partial charge < -0.3 is 20.1 Å². The van der Waals surface area contributed by atoms with Gasteiger partial charge in [0.1, 0.15) is 18.7 Å². The third-order valence-electron chi connectivity index (χ3n) is 4.61. The molecule has 2 rings (SSSR count). The Morgan fingerprint density at radius 1 is 0.839 bits per heavy atom. The number of esters is 1. The van der Waals surface area contributed by atoms with Gasteiger partial charge in [-0.3, -0.25) is 4.79 Å². The van der Waals surface area contributed by atoms with Gasteiger partial charge in [0.05, 0.1) is 7.11 Å². The summed E-state index contributed by atoms with van der Waals surface area (Å²) in [4.78, 5) is 37.4. The quantitative estimate of drug-likeness (QED) is 0.569. The van der Waals surface area contributed by atoms with Crippen LogP contribution in [0.1, 0.15) is 31.4 Å². The van der Waals surface area contributed by atoms with Gasteiger partial charge in [-0.2, -0.15) is 0 Å². The first-order chi connectivity index (χ1) is 14.9. The topological polar surface area (TPSA) is 93.7 Å². The van der Waals surface area contributed by atoms with Crippen molar-refractivity contribution < 1.29 is 23.9 Å². The summed E-state index contributed by atoms with van der Waals surface area (Å²) in [6.45, 7) is 3.99. The zero-order valence-electron chi connectivity index (χ0n) is 18.2. The molecule has 0 spiro atoms. The van der Waals surface area contributed by atoms with Gasteiger partial charge in [-0.05, 0) is 23.5 Å². The van der Waals surface area contributed by atoms with E-state index in [0.717, 1.165) is 11.1 Å². The molecule has 2 aromatic rings.